The Morgan fingerprint density at radius 1 is 1.15 bits per heavy atom. The van der Waals surface area contributed by atoms with Crippen LogP contribution in [0.5, 0.6) is 0 Å². The molecule has 136 valence electrons. The first-order valence-electron chi connectivity index (χ1n) is 8.08. The highest BCUT2D eigenvalue weighted by Crippen LogP contribution is 2.48. The van der Waals surface area contributed by atoms with Crippen molar-refractivity contribution in [3.8, 4) is 0 Å². The van der Waals surface area contributed by atoms with E-state index >= 15 is 0 Å². The van der Waals surface area contributed by atoms with E-state index in [1.807, 2.05) is 13.0 Å². The van der Waals surface area contributed by atoms with E-state index in [1.165, 1.54) is 11.1 Å². The van der Waals surface area contributed by atoms with Gasteiger partial charge in [-0.2, -0.15) is 0 Å². The average Bonchev–Trinajstić information content (AvgIpc) is 2.84. The fourth-order valence-corrected chi connectivity index (χ4v) is 4.41. The van der Waals surface area contributed by atoms with E-state index in [2.05, 4.69) is 20.9 Å². The number of aryl methyl sites for hydroxylation is 1. The molecule has 4 nitrogen and oxygen atoms in total. The molecule has 3 aromatic rings. The Labute approximate surface area is 174 Å². The van der Waals surface area contributed by atoms with Crippen LogP contribution in [0.15, 0.2) is 59.2 Å². The van der Waals surface area contributed by atoms with Crippen LogP contribution in [0.1, 0.15) is 27.0 Å². The lowest BCUT2D eigenvalue weighted by Gasteiger charge is -2.35. The minimum atomic E-state index is -1.76. The number of carbonyl (C=O) groups is 1. The maximum Gasteiger partial charge on any atom is 0.262 e. The van der Waals surface area contributed by atoms with Crippen molar-refractivity contribution in [1.82, 2.24) is 4.98 Å². The number of aliphatic hydroxyl groups is 1. The van der Waals surface area contributed by atoms with Crippen LogP contribution in [-0.2, 0) is 5.72 Å². The van der Waals surface area contributed by atoms with Gasteiger partial charge in [0.2, 0.25) is 0 Å². The summed E-state index contributed by atoms with van der Waals surface area (Å²) in [7, 11) is 0. The molecule has 1 aliphatic rings. The van der Waals surface area contributed by atoms with E-state index in [4.69, 9.17) is 23.2 Å². The molecule has 2 heterocycles. The van der Waals surface area contributed by atoms with Gasteiger partial charge < -0.3 is 5.11 Å². The molecule has 0 radical (unpaired) electrons. The van der Waals surface area contributed by atoms with Gasteiger partial charge in [-0.15, -0.1) is 0 Å². The minimum Gasteiger partial charge on any atom is -0.363 e. The second-order valence-electron chi connectivity index (χ2n) is 6.27. The molecule has 0 saturated carbocycles. The molecule has 0 saturated heterocycles. The molecule has 0 aliphatic carbocycles. The molecule has 4 rings (SSSR count). The number of anilines is 1. The van der Waals surface area contributed by atoms with Crippen molar-refractivity contribution >= 4 is 50.9 Å². The SMILES string of the molecule is Cc1cc(Br)cc2c1C(O)(c1ccc(Cl)cc1)N(c1ncccc1Cl)C2=O. The highest BCUT2D eigenvalue weighted by atomic mass is 79.9. The Kier molecular flexibility index (Phi) is 4.51. The lowest BCUT2D eigenvalue weighted by Crippen LogP contribution is -2.45. The number of hydrogen-bond donors (Lipinski definition) is 1. The van der Waals surface area contributed by atoms with Crippen molar-refractivity contribution in [2.45, 2.75) is 12.6 Å². The molecular formula is C20H13BrCl2N2O2. The van der Waals surface area contributed by atoms with Gasteiger partial charge >= 0.3 is 0 Å². The number of fused-ring (bicyclic) bond motifs is 1. The first kappa shape index (κ1) is 18.4. The average molecular weight is 464 g/mol. The van der Waals surface area contributed by atoms with Crippen molar-refractivity contribution in [2.75, 3.05) is 4.90 Å². The van der Waals surface area contributed by atoms with E-state index < -0.39 is 5.72 Å². The van der Waals surface area contributed by atoms with E-state index in [9.17, 15) is 9.90 Å². The first-order valence-corrected chi connectivity index (χ1v) is 9.63. The maximum absolute atomic E-state index is 13.3. The summed E-state index contributed by atoms with van der Waals surface area (Å²) in [6, 6.07) is 13.6. The molecule has 1 amide bonds. The van der Waals surface area contributed by atoms with Gasteiger partial charge in [0.1, 0.15) is 0 Å². The summed E-state index contributed by atoms with van der Waals surface area (Å²) in [5.41, 5.74) is 0.381. The van der Waals surface area contributed by atoms with Crippen molar-refractivity contribution in [1.29, 1.82) is 0 Å². The fourth-order valence-electron chi connectivity index (χ4n) is 3.50. The number of aromatic nitrogens is 1. The Morgan fingerprint density at radius 2 is 1.85 bits per heavy atom. The van der Waals surface area contributed by atoms with E-state index in [0.29, 0.717) is 21.7 Å². The molecule has 7 heteroatoms. The largest absolute Gasteiger partial charge is 0.363 e. The number of nitrogens with zero attached hydrogens (tertiary/aromatic N) is 2. The van der Waals surface area contributed by atoms with Gasteiger partial charge in [0.15, 0.2) is 11.5 Å². The summed E-state index contributed by atoms with van der Waals surface area (Å²) in [6.07, 6.45) is 1.53. The number of rotatable bonds is 2. The van der Waals surface area contributed by atoms with E-state index in [-0.39, 0.29) is 16.7 Å². The Hall–Kier alpha value is -1.92. The Balaban J connectivity index is 2.06. The normalized spacial score (nSPS) is 18.7. The van der Waals surface area contributed by atoms with E-state index in [1.54, 1.807) is 42.5 Å². The smallest absolute Gasteiger partial charge is 0.262 e. The molecule has 0 fully saturated rings. The number of pyridine rings is 1. The summed E-state index contributed by atoms with van der Waals surface area (Å²) in [5, 5.41) is 12.7. The zero-order valence-electron chi connectivity index (χ0n) is 14.1. The van der Waals surface area contributed by atoms with Gasteiger partial charge in [-0.25, -0.2) is 4.98 Å². The van der Waals surface area contributed by atoms with Crippen molar-refractivity contribution in [3.05, 3.63) is 91.5 Å². The third-order valence-electron chi connectivity index (χ3n) is 4.60. The monoisotopic (exact) mass is 462 g/mol. The predicted molar refractivity (Wildman–Crippen MR) is 109 cm³/mol. The number of carbonyl (C=O) groups excluding carboxylic acids is 1. The second kappa shape index (κ2) is 6.60. The predicted octanol–water partition coefficient (Wildman–Crippen LogP) is 5.31. The lowest BCUT2D eigenvalue weighted by atomic mass is 9.90. The fraction of sp³-hybridized carbons (Fsp3) is 0.100. The summed E-state index contributed by atoms with van der Waals surface area (Å²) in [4.78, 5) is 18.8. The Morgan fingerprint density at radius 3 is 2.52 bits per heavy atom. The molecule has 0 spiro atoms. The molecular weight excluding hydrogens is 451 g/mol. The lowest BCUT2D eigenvalue weighted by molar-refractivity contribution is 0.0695. The van der Waals surface area contributed by atoms with Crippen LogP contribution in [-0.4, -0.2) is 16.0 Å². The molecule has 1 unspecified atom stereocenters. The second-order valence-corrected chi connectivity index (χ2v) is 8.03. The van der Waals surface area contributed by atoms with Gasteiger partial charge in [0.05, 0.1) is 5.02 Å². The molecule has 1 atom stereocenters. The van der Waals surface area contributed by atoms with Crippen LogP contribution in [0.25, 0.3) is 0 Å². The Bertz CT molecular complexity index is 1070. The third-order valence-corrected chi connectivity index (χ3v) is 5.61. The third kappa shape index (κ3) is 2.77. The molecule has 0 bridgehead atoms. The standard InChI is InChI=1S/C20H13BrCl2N2O2/c1-11-9-13(21)10-15-17(11)20(27,12-4-6-14(22)7-5-12)25(19(15)26)18-16(23)3-2-8-24-18/h2-10,27H,1H3. The first-order chi connectivity index (χ1) is 12.8. The van der Waals surface area contributed by atoms with Crippen LogP contribution in [0.2, 0.25) is 10.0 Å². The van der Waals surface area contributed by atoms with Crippen LogP contribution in [0, 0.1) is 6.92 Å². The summed E-state index contributed by atoms with van der Waals surface area (Å²) >= 11 is 15.8. The van der Waals surface area contributed by atoms with Crippen LogP contribution in [0.3, 0.4) is 0 Å². The molecule has 27 heavy (non-hydrogen) atoms. The summed E-state index contributed by atoms with van der Waals surface area (Å²) < 4.78 is 0.750. The van der Waals surface area contributed by atoms with Gasteiger partial charge in [-0.05, 0) is 48.9 Å². The van der Waals surface area contributed by atoms with Crippen LogP contribution in [0.4, 0.5) is 5.82 Å². The molecule has 1 N–H and O–H groups in total. The molecule has 1 aromatic heterocycles. The van der Waals surface area contributed by atoms with Gasteiger partial charge in [0, 0.05) is 32.4 Å². The van der Waals surface area contributed by atoms with Crippen LogP contribution >= 0.6 is 39.1 Å². The summed E-state index contributed by atoms with van der Waals surface area (Å²) in [6.45, 7) is 1.85. The zero-order chi connectivity index (χ0) is 19.3. The topological polar surface area (TPSA) is 53.4 Å². The number of halogens is 3. The highest BCUT2D eigenvalue weighted by Gasteiger charge is 2.52. The number of hydrogen-bond acceptors (Lipinski definition) is 3. The molecule has 2 aromatic carbocycles. The number of benzene rings is 2. The summed E-state index contributed by atoms with van der Waals surface area (Å²) in [5.74, 6) is -0.194. The zero-order valence-corrected chi connectivity index (χ0v) is 17.2. The van der Waals surface area contributed by atoms with Crippen molar-refractivity contribution < 1.29 is 9.90 Å². The maximum atomic E-state index is 13.3. The van der Waals surface area contributed by atoms with Gasteiger partial charge in [-0.3, -0.25) is 9.69 Å². The van der Waals surface area contributed by atoms with Crippen LogP contribution < -0.4 is 4.90 Å². The van der Waals surface area contributed by atoms with Gasteiger partial charge in [0.25, 0.3) is 5.91 Å². The van der Waals surface area contributed by atoms with Gasteiger partial charge in [-0.1, -0.05) is 51.3 Å². The highest BCUT2D eigenvalue weighted by molar-refractivity contribution is 9.10. The number of amides is 1. The van der Waals surface area contributed by atoms with E-state index in [0.717, 1.165) is 10.0 Å². The van der Waals surface area contributed by atoms with Crippen molar-refractivity contribution in [3.63, 3.8) is 0 Å². The molecule has 1 aliphatic heterocycles. The quantitative estimate of drug-likeness (QED) is 0.560. The van der Waals surface area contributed by atoms with Crippen molar-refractivity contribution in [2.24, 2.45) is 0 Å². The minimum absolute atomic E-state index is 0.188.